The molecule has 1 heterocycles. The molecule has 2 aromatic rings. The number of hydrogen-bond acceptors (Lipinski definition) is 5. The van der Waals surface area contributed by atoms with Crippen LogP contribution in [0.3, 0.4) is 0 Å². The Morgan fingerprint density at radius 3 is 2.73 bits per heavy atom. The van der Waals surface area contributed by atoms with E-state index in [1.807, 2.05) is 36.4 Å². The third-order valence-corrected chi connectivity index (χ3v) is 3.22. The molecule has 0 saturated heterocycles. The van der Waals surface area contributed by atoms with Crippen LogP contribution in [-0.4, -0.2) is 36.5 Å². The van der Waals surface area contributed by atoms with Crippen LogP contribution >= 0.6 is 0 Å². The van der Waals surface area contributed by atoms with Crippen molar-refractivity contribution in [2.45, 2.75) is 19.3 Å². The second kappa shape index (κ2) is 9.15. The quantitative estimate of drug-likeness (QED) is 0.739. The number of hydrogen-bond donors (Lipinski definition) is 2. The molecule has 1 atom stereocenters. The van der Waals surface area contributed by atoms with E-state index < -0.39 is 6.10 Å². The summed E-state index contributed by atoms with van der Waals surface area (Å²) in [6.07, 6.45) is 2.96. The number of methoxy groups -OCH3 is 1. The zero-order valence-corrected chi connectivity index (χ0v) is 12.7. The van der Waals surface area contributed by atoms with Crippen LogP contribution in [0.1, 0.15) is 11.1 Å². The molecule has 5 nitrogen and oxygen atoms in total. The fourth-order valence-electron chi connectivity index (χ4n) is 2.07. The van der Waals surface area contributed by atoms with E-state index >= 15 is 0 Å². The Labute approximate surface area is 130 Å². The van der Waals surface area contributed by atoms with Gasteiger partial charge in [0.05, 0.1) is 26.4 Å². The molecule has 0 bridgehead atoms. The van der Waals surface area contributed by atoms with Gasteiger partial charge in [0.15, 0.2) is 0 Å². The highest BCUT2D eigenvalue weighted by Gasteiger charge is 2.06. The second-order valence-electron chi connectivity index (χ2n) is 4.97. The lowest BCUT2D eigenvalue weighted by Gasteiger charge is -2.13. The SMILES string of the molecule is COc1ccccc1COC[C@H](O)CNCc1ccncc1. The monoisotopic (exact) mass is 302 g/mol. The van der Waals surface area contributed by atoms with Crippen molar-refractivity contribution < 1.29 is 14.6 Å². The topological polar surface area (TPSA) is 63.6 Å². The minimum Gasteiger partial charge on any atom is -0.496 e. The Morgan fingerprint density at radius 1 is 1.18 bits per heavy atom. The van der Waals surface area contributed by atoms with Gasteiger partial charge in [-0.25, -0.2) is 0 Å². The van der Waals surface area contributed by atoms with E-state index in [2.05, 4.69) is 10.3 Å². The molecule has 0 spiro atoms. The van der Waals surface area contributed by atoms with E-state index in [1.165, 1.54) is 0 Å². The zero-order valence-electron chi connectivity index (χ0n) is 12.7. The van der Waals surface area contributed by atoms with Crippen LogP contribution in [0.25, 0.3) is 0 Å². The molecule has 0 aliphatic rings. The normalized spacial score (nSPS) is 12.1. The highest BCUT2D eigenvalue weighted by Crippen LogP contribution is 2.17. The smallest absolute Gasteiger partial charge is 0.124 e. The summed E-state index contributed by atoms with van der Waals surface area (Å²) in [5.41, 5.74) is 2.11. The van der Waals surface area contributed by atoms with E-state index in [4.69, 9.17) is 9.47 Å². The van der Waals surface area contributed by atoms with Gasteiger partial charge in [-0.3, -0.25) is 4.98 Å². The molecule has 1 aromatic carbocycles. The summed E-state index contributed by atoms with van der Waals surface area (Å²) >= 11 is 0. The Morgan fingerprint density at radius 2 is 1.95 bits per heavy atom. The van der Waals surface area contributed by atoms with Crippen LogP contribution < -0.4 is 10.1 Å². The van der Waals surface area contributed by atoms with Crippen molar-refractivity contribution in [3.05, 3.63) is 59.9 Å². The number of pyridine rings is 1. The Balaban J connectivity index is 1.64. The van der Waals surface area contributed by atoms with Crippen molar-refractivity contribution in [2.24, 2.45) is 0 Å². The summed E-state index contributed by atoms with van der Waals surface area (Å²) in [6.45, 7) is 1.88. The minimum absolute atomic E-state index is 0.279. The number of aromatic nitrogens is 1. The number of nitrogens with one attached hydrogen (secondary N) is 1. The predicted octanol–water partition coefficient (Wildman–Crippen LogP) is 1.76. The van der Waals surface area contributed by atoms with E-state index in [9.17, 15) is 5.11 Å². The molecule has 0 radical (unpaired) electrons. The van der Waals surface area contributed by atoms with Gasteiger partial charge in [-0.05, 0) is 23.8 Å². The number of benzene rings is 1. The van der Waals surface area contributed by atoms with Crippen LogP contribution in [-0.2, 0) is 17.9 Å². The Hall–Kier alpha value is -1.95. The molecule has 0 aliphatic carbocycles. The number of para-hydroxylation sites is 1. The molecule has 2 N–H and O–H groups in total. The lowest BCUT2D eigenvalue weighted by atomic mass is 10.2. The van der Waals surface area contributed by atoms with E-state index in [1.54, 1.807) is 19.5 Å². The molecule has 0 fully saturated rings. The van der Waals surface area contributed by atoms with Crippen molar-refractivity contribution in [1.29, 1.82) is 0 Å². The van der Waals surface area contributed by atoms with Crippen molar-refractivity contribution >= 4 is 0 Å². The first kappa shape index (κ1) is 16.4. The number of rotatable bonds is 9. The first-order valence-corrected chi connectivity index (χ1v) is 7.27. The molecule has 0 amide bonds. The maximum Gasteiger partial charge on any atom is 0.124 e. The standard InChI is InChI=1S/C17H22N2O3/c1-21-17-5-3-2-4-15(17)12-22-13-16(20)11-19-10-14-6-8-18-9-7-14/h2-9,16,19-20H,10-13H2,1H3/t16-/m1/s1. The third-order valence-electron chi connectivity index (χ3n) is 3.22. The van der Waals surface area contributed by atoms with Crippen LogP contribution in [0.5, 0.6) is 5.75 Å². The maximum absolute atomic E-state index is 9.90. The molecule has 0 saturated carbocycles. The fraction of sp³-hybridized carbons (Fsp3) is 0.353. The summed E-state index contributed by atoms with van der Waals surface area (Å²) in [4.78, 5) is 3.96. The van der Waals surface area contributed by atoms with Crippen molar-refractivity contribution in [3.63, 3.8) is 0 Å². The van der Waals surface area contributed by atoms with Crippen LogP contribution in [0.2, 0.25) is 0 Å². The number of aliphatic hydroxyl groups is 1. The highest BCUT2D eigenvalue weighted by atomic mass is 16.5. The van der Waals surface area contributed by atoms with Crippen LogP contribution in [0.15, 0.2) is 48.8 Å². The largest absolute Gasteiger partial charge is 0.496 e. The van der Waals surface area contributed by atoms with Gasteiger partial charge < -0.3 is 19.9 Å². The molecule has 0 unspecified atom stereocenters. The van der Waals surface area contributed by atoms with Gasteiger partial charge in [0.25, 0.3) is 0 Å². The number of ether oxygens (including phenoxy) is 2. The zero-order chi connectivity index (χ0) is 15.6. The van der Waals surface area contributed by atoms with Gasteiger partial charge in [-0.2, -0.15) is 0 Å². The first-order valence-electron chi connectivity index (χ1n) is 7.27. The second-order valence-corrected chi connectivity index (χ2v) is 4.97. The third kappa shape index (κ3) is 5.44. The summed E-state index contributed by atoms with van der Waals surface area (Å²) in [6, 6.07) is 11.6. The average molecular weight is 302 g/mol. The van der Waals surface area contributed by atoms with Gasteiger partial charge in [-0.15, -0.1) is 0 Å². The molecule has 2 rings (SSSR count). The van der Waals surface area contributed by atoms with E-state index in [-0.39, 0.29) is 6.61 Å². The lowest BCUT2D eigenvalue weighted by Crippen LogP contribution is -2.30. The maximum atomic E-state index is 9.90. The van der Waals surface area contributed by atoms with Gasteiger partial charge in [-0.1, -0.05) is 18.2 Å². The summed E-state index contributed by atoms with van der Waals surface area (Å²) in [5.74, 6) is 0.799. The van der Waals surface area contributed by atoms with Crippen LogP contribution in [0, 0.1) is 0 Å². The minimum atomic E-state index is -0.545. The van der Waals surface area contributed by atoms with Crippen molar-refractivity contribution in [1.82, 2.24) is 10.3 Å². The van der Waals surface area contributed by atoms with Gasteiger partial charge in [0.2, 0.25) is 0 Å². The van der Waals surface area contributed by atoms with Crippen LogP contribution in [0.4, 0.5) is 0 Å². The molecule has 1 aromatic heterocycles. The summed E-state index contributed by atoms with van der Waals surface area (Å²) in [5, 5.41) is 13.1. The molecule has 5 heteroatoms. The Bertz CT molecular complexity index is 549. The predicted molar refractivity (Wildman–Crippen MR) is 84.6 cm³/mol. The number of aliphatic hydroxyl groups excluding tert-OH is 1. The van der Waals surface area contributed by atoms with E-state index in [0.717, 1.165) is 16.9 Å². The summed E-state index contributed by atoms with van der Waals surface area (Å²) in [7, 11) is 1.64. The van der Waals surface area contributed by atoms with E-state index in [0.29, 0.717) is 19.7 Å². The van der Waals surface area contributed by atoms with Gasteiger partial charge in [0, 0.05) is 31.0 Å². The average Bonchev–Trinajstić information content (AvgIpc) is 2.56. The molecular weight excluding hydrogens is 280 g/mol. The van der Waals surface area contributed by atoms with Gasteiger partial charge in [0.1, 0.15) is 5.75 Å². The molecule has 22 heavy (non-hydrogen) atoms. The molecular formula is C17H22N2O3. The molecule has 118 valence electrons. The van der Waals surface area contributed by atoms with Gasteiger partial charge >= 0.3 is 0 Å². The van der Waals surface area contributed by atoms with Crippen molar-refractivity contribution in [2.75, 3.05) is 20.3 Å². The molecule has 0 aliphatic heterocycles. The fourth-order valence-corrected chi connectivity index (χ4v) is 2.07. The highest BCUT2D eigenvalue weighted by molar-refractivity contribution is 5.32. The summed E-state index contributed by atoms with van der Waals surface area (Å²) < 4.78 is 10.8. The number of nitrogens with zero attached hydrogens (tertiary/aromatic N) is 1. The Kier molecular flexibility index (Phi) is 6.83. The van der Waals surface area contributed by atoms with Crippen molar-refractivity contribution in [3.8, 4) is 5.75 Å². The lowest BCUT2D eigenvalue weighted by molar-refractivity contribution is 0.0281. The first-order chi connectivity index (χ1) is 10.8.